The van der Waals surface area contributed by atoms with E-state index in [-0.39, 0.29) is 17.6 Å². The van der Waals surface area contributed by atoms with E-state index >= 15 is 0 Å². The van der Waals surface area contributed by atoms with Crippen molar-refractivity contribution in [1.82, 2.24) is 19.7 Å². The van der Waals surface area contributed by atoms with Gasteiger partial charge >= 0.3 is 5.97 Å². The minimum atomic E-state index is -3.37. The van der Waals surface area contributed by atoms with Gasteiger partial charge in [-0.3, -0.25) is 0 Å². The second-order valence-corrected chi connectivity index (χ2v) is 7.23. The standard InChI is InChI=1S/C12H16N4O4S/c1-12(2,14-21(3,19)20)7-16-9-6-4-5-8(11(17)18)10(9)13-15-16/h4-6,14H,7H2,1-3H3,(H,17,18). The molecule has 21 heavy (non-hydrogen) atoms. The van der Waals surface area contributed by atoms with Gasteiger partial charge in [-0.05, 0) is 26.0 Å². The number of carboxylic acids is 1. The molecule has 9 heteroatoms. The summed E-state index contributed by atoms with van der Waals surface area (Å²) in [5.74, 6) is -1.08. The molecule has 1 heterocycles. The van der Waals surface area contributed by atoms with E-state index in [1.807, 2.05) is 0 Å². The van der Waals surface area contributed by atoms with Crippen LogP contribution in [0, 0.1) is 0 Å². The van der Waals surface area contributed by atoms with Crippen LogP contribution in [0.5, 0.6) is 0 Å². The number of aromatic nitrogens is 3. The molecule has 0 atom stereocenters. The fraction of sp³-hybridized carbons (Fsp3) is 0.417. The maximum absolute atomic E-state index is 11.3. The Morgan fingerprint density at radius 2 is 2.10 bits per heavy atom. The van der Waals surface area contributed by atoms with Gasteiger partial charge in [0.15, 0.2) is 0 Å². The number of hydrogen-bond donors (Lipinski definition) is 2. The summed E-state index contributed by atoms with van der Waals surface area (Å²) in [6.45, 7) is 3.64. The normalized spacial score (nSPS) is 12.7. The van der Waals surface area contributed by atoms with Gasteiger partial charge in [0.25, 0.3) is 0 Å². The van der Waals surface area contributed by atoms with Crippen LogP contribution >= 0.6 is 0 Å². The molecule has 0 saturated heterocycles. The van der Waals surface area contributed by atoms with Gasteiger partial charge in [-0.2, -0.15) is 0 Å². The van der Waals surface area contributed by atoms with E-state index in [9.17, 15) is 13.2 Å². The Morgan fingerprint density at radius 3 is 2.67 bits per heavy atom. The van der Waals surface area contributed by atoms with E-state index in [0.29, 0.717) is 5.52 Å². The number of aromatic carboxylic acids is 1. The molecule has 0 bridgehead atoms. The zero-order chi connectivity index (χ0) is 15.8. The van der Waals surface area contributed by atoms with Crippen LogP contribution in [-0.2, 0) is 16.6 Å². The average molecular weight is 312 g/mol. The van der Waals surface area contributed by atoms with Gasteiger partial charge < -0.3 is 5.11 Å². The van der Waals surface area contributed by atoms with Gasteiger partial charge in [-0.25, -0.2) is 22.6 Å². The van der Waals surface area contributed by atoms with E-state index in [0.717, 1.165) is 6.26 Å². The van der Waals surface area contributed by atoms with Gasteiger partial charge in [0, 0.05) is 5.54 Å². The van der Waals surface area contributed by atoms with Crippen molar-refractivity contribution in [2.45, 2.75) is 25.9 Å². The smallest absolute Gasteiger partial charge is 0.338 e. The van der Waals surface area contributed by atoms with Gasteiger partial charge in [0.1, 0.15) is 5.52 Å². The third-order valence-corrected chi connectivity index (χ3v) is 3.71. The van der Waals surface area contributed by atoms with Crippen LogP contribution in [0.15, 0.2) is 18.2 Å². The predicted octanol–water partition coefficient (Wildman–Crippen LogP) is 0.457. The lowest BCUT2D eigenvalue weighted by Gasteiger charge is -2.24. The number of nitrogens with zero attached hydrogens (tertiary/aromatic N) is 3. The second-order valence-electron chi connectivity index (χ2n) is 5.48. The molecule has 0 radical (unpaired) electrons. The molecule has 0 aliphatic carbocycles. The van der Waals surface area contributed by atoms with Crippen LogP contribution in [0.25, 0.3) is 11.0 Å². The molecule has 0 amide bonds. The van der Waals surface area contributed by atoms with Crippen molar-refractivity contribution < 1.29 is 18.3 Å². The molecule has 0 unspecified atom stereocenters. The molecule has 0 aliphatic heterocycles. The predicted molar refractivity (Wildman–Crippen MR) is 76.5 cm³/mol. The molecule has 1 aromatic heterocycles. The SMILES string of the molecule is CC(C)(Cn1nnc2c(C(=O)O)cccc21)NS(C)(=O)=O. The molecule has 114 valence electrons. The molecular formula is C12H16N4O4S. The molecule has 0 spiro atoms. The van der Waals surface area contributed by atoms with E-state index in [2.05, 4.69) is 15.0 Å². The maximum atomic E-state index is 11.3. The van der Waals surface area contributed by atoms with Crippen LogP contribution < -0.4 is 4.72 Å². The minimum Gasteiger partial charge on any atom is -0.478 e. The Kier molecular flexibility index (Phi) is 3.72. The Bertz CT molecular complexity index is 795. The maximum Gasteiger partial charge on any atom is 0.338 e. The highest BCUT2D eigenvalue weighted by molar-refractivity contribution is 7.88. The van der Waals surface area contributed by atoms with Crippen molar-refractivity contribution >= 4 is 27.0 Å². The number of benzene rings is 1. The molecule has 2 rings (SSSR count). The zero-order valence-corrected chi connectivity index (χ0v) is 12.7. The molecular weight excluding hydrogens is 296 g/mol. The zero-order valence-electron chi connectivity index (χ0n) is 11.9. The van der Waals surface area contributed by atoms with Gasteiger partial charge in [-0.15, -0.1) is 5.10 Å². The average Bonchev–Trinajstić information content (AvgIpc) is 2.68. The Balaban J connectivity index is 2.40. The van der Waals surface area contributed by atoms with Gasteiger partial charge in [0.2, 0.25) is 10.0 Å². The Hall–Kier alpha value is -2.00. The highest BCUT2D eigenvalue weighted by atomic mass is 32.2. The number of fused-ring (bicyclic) bond motifs is 1. The summed E-state index contributed by atoms with van der Waals surface area (Å²) in [4.78, 5) is 11.1. The first-order chi connectivity index (χ1) is 9.59. The van der Waals surface area contributed by atoms with E-state index in [4.69, 9.17) is 5.11 Å². The summed E-state index contributed by atoms with van der Waals surface area (Å²) >= 11 is 0. The summed E-state index contributed by atoms with van der Waals surface area (Å²) in [6, 6.07) is 4.74. The van der Waals surface area contributed by atoms with E-state index in [1.54, 1.807) is 26.0 Å². The van der Waals surface area contributed by atoms with Crippen LogP contribution in [0.2, 0.25) is 0 Å². The topological polar surface area (TPSA) is 114 Å². The molecule has 2 aromatic rings. The number of carbonyl (C=O) groups is 1. The van der Waals surface area contributed by atoms with Crippen LogP contribution in [0.3, 0.4) is 0 Å². The van der Waals surface area contributed by atoms with Crippen molar-refractivity contribution in [2.24, 2.45) is 0 Å². The fourth-order valence-electron chi connectivity index (χ4n) is 2.19. The van der Waals surface area contributed by atoms with Crippen molar-refractivity contribution in [2.75, 3.05) is 6.26 Å². The Morgan fingerprint density at radius 1 is 1.43 bits per heavy atom. The first-order valence-electron chi connectivity index (χ1n) is 6.13. The van der Waals surface area contributed by atoms with Gasteiger partial charge in [-0.1, -0.05) is 11.3 Å². The second kappa shape index (κ2) is 5.08. The van der Waals surface area contributed by atoms with Crippen molar-refractivity contribution in [1.29, 1.82) is 0 Å². The molecule has 8 nitrogen and oxygen atoms in total. The summed E-state index contributed by atoms with van der Waals surface area (Å²) in [6.07, 6.45) is 1.08. The van der Waals surface area contributed by atoms with Crippen molar-refractivity contribution in [3.63, 3.8) is 0 Å². The monoisotopic (exact) mass is 312 g/mol. The van der Waals surface area contributed by atoms with Crippen LogP contribution in [-0.4, -0.2) is 46.3 Å². The summed E-state index contributed by atoms with van der Waals surface area (Å²) in [5, 5.41) is 16.9. The molecule has 0 fully saturated rings. The molecule has 2 N–H and O–H groups in total. The van der Waals surface area contributed by atoms with Gasteiger partial charge in [0.05, 0.1) is 23.9 Å². The van der Waals surface area contributed by atoms with E-state index < -0.39 is 21.5 Å². The summed E-state index contributed by atoms with van der Waals surface area (Å²) in [7, 11) is -3.37. The lowest BCUT2D eigenvalue weighted by Crippen LogP contribution is -2.46. The summed E-state index contributed by atoms with van der Waals surface area (Å²) < 4.78 is 26.7. The van der Waals surface area contributed by atoms with Crippen LogP contribution in [0.1, 0.15) is 24.2 Å². The molecule has 0 aliphatic rings. The minimum absolute atomic E-state index is 0.0626. The molecule has 1 aromatic carbocycles. The van der Waals surface area contributed by atoms with Crippen molar-refractivity contribution in [3.05, 3.63) is 23.8 Å². The summed E-state index contributed by atoms with van der Waals surface area (Å²) in [5.41, 5.74) is 0.0963. The lowest BCUT2D eigenvalue weighted by molar-refractivity contribution is 0.0699. The fourth-order valence-corrected chi connectivity index (χ4v) is 3.26. The quantitative estimate of drug-likeness (QED) is 0.829. The number of sulfonamides is 1. The third-order valence-electron chi connectivity index (χ3n) is 2.78. The van der Waals surface area contributed by atoms with Crippen molar-refractivity contribution in [3.8, 4) is 0 Å². The van der Waals surface area contributed by atoms with E-state index in [1.165, 1.54) is 10.7 Å². The Labute approximate surface area is 121 Å². The number of nitrogens with one attached hydrogen (secondary N) is 1. The number of rotatable bonds is 5. The highest BCUT2D eigenvalue weighted by Gasteiger charge is 2.25. The first kappa shape index (κ1) is 15.4. The largest absolute Gasteiger partial charge is 0.478 e. The van der Waals surface area contributed by atoms with Crippen LogP contribution in [0.4, 0.5) is 0 Å². The third kappa shape index (κ3) is 3.56. The highest BCUT2D eigenvalue weighted by Crippen LogP contribution is 2.18. The number of carboxylic acid groups (broad SMARTS) is 1. The molecule has 0 saturated carbocycles. The lowest BCUT2D eigenvalue weighted by atomic mass is 10.1. The first-order valence-corrected chi connectivity index (χ1v) is 8.03. The number of hydrogen-bond acceptors (Lipinski definition) is 5.